The molecule has 2 heterocycles. The first kappa shape index (κ1) is 21.4. The molecule has 1 amide bonds. The number of aromatic nitrogens is 2. The van der Waals surface area contributed by atoms with Gasteiger partial charge in [0, 0.05) is 32.1 Å². The molecule has 0 radical (unpaired) electrons. The van der Waals surface area contributed by atoms with E-state index in [0.29, 0.717) is 27.9 Å². The Morgan fingerprint density at radius 3 is 2.66 bits per heavy atom. The third-order valence-corrected chi connectivity index (χ3v) is 5.42. The predicted octanol–water partition coefficient (Wildman–Crippen LogP) is 4.93. The normalized spacial score (nSPS) is 11.1. The molecule has 3 rings (SSSR count). The molecule has 29 heavy (non-hydrogen) atoms. The molecule has 0 atom stereocenters. The van der Waals surface area contributed by atoms with Crippen LogP contribution in [0.15, 0.2) is 36.5 Å². The van der Waals surface area contributed by atoms with Gasteiger partial charge in [-0.25, -0.2) is 4.98 Å². The molecule has 0 fully saturated rings. The lowest BCUT2D eigenvalue weighted by atomic mass is 10.2. The summed E-state index contributed by atoms with van der Waals surface area (Å²) in [5, 5.41) is 3.69. The predicted molar refractivity (Wildman–Crippen MR) is 119 cm³/mol. The van der Waals surface area contributed by atoms with Crippen molar-refractivity contribution in [2.75, 3.05) is 37.0 Å². The SMILES string of the molecule is CCc1nc2ccc(C(=O)Nc3ccc(Cl)c(Cl)c3)cn2c1N(CC)CCOC. The number of benzene rings is 1. The van der Waals surface area contributed by atoms with Gasteiger partial charge < -0.3 is 15.0 Å². The second kappa shape index (κ2) is 9.48. The molecule has 0 bridgehead atoms. The quantitative estimate of drug-likeness (QED) is 0.545. The highest BCUT2D eigenvalue weighted by Crippen LogP contribution is 2.26. The second-order valence-electron chi connectivity index (χ2n) is 6.54. The standard InChI is InChI=1S/C21H24Cl2N4O2/c1-4-18-21(26(5-2)10-11-29-3)27-13-14(6-9-19(27)25-18)20(28)24-15-7-8-16(22)17(23)12-15/h6-9,12-13H,4-5,10-11H2,1-3H3,(H,24,28). The third-order valence-electron chi connectivity index (χ3n) is 4.68. The highest BCUT2D eigenvalue weighted by Gasteiger charge is 2.18. The van der Waals surface area contributed by atoms with Crippen LogP contribution in [0.25, 0.3) is 5.65 Å². The smallest absolute Gasteiger partial charge is 0.257 e. The molecular formula is C21H24Cl2N4O2. The van der Waals surface area contributed by atoms with E-state index >= 15 is 0 Å². The highest BCUT2D eigenvalue weighted by molar-refractivity contribution is 6.42. The Bertz CT molecular complexity index is 1020. The van der Waals surface area contributed by atoms with E-state index in [4.69, 9.17) is 32.9 Å². The van der Waals surface area contributed by atoms with E-state index in [1.165, 1.54) is 0 Å². The summed E-state index contributed by atoms with van der Waals surface area (Å²) in [6.07, 6.45) is 2.62. The van der Waals surface area contributed by atoms with Gasteiger partial charge >= 0.3 is 0 Å². The zero-order valence-electron chi connectivity index (χ0n) is 16.7. The number of aryl methyl sites for hydroxylation is 1. The minimum atomic E-state index is -0.233. The maximum absolute atomic E-state index is 12.8. The van der Waals surface area contributed by atoms with Crippen molar-refractivity contribution in [3.63, 3.8) is 0 Å². The number of carbonyl (C=O) groups is 1. The first-order chi connectivity index (χ1) is 14.0. The summed E-state index contributed by atoms with van der Waals surface area (Å²) in [6.45, 7) is 6.34. The number of fused-ring (bicyclic) bond motifs is 1. The molecule has 1 N–H and O–H groups in total. The Balaban J connectivity index is 1.96. The molecule has 1 aromatic carbocycles. The fourth-order valence-electron chi connectivity index (χ4n) is 3.18. The Morgan fingerprint density at radius 1 is 1.21 bits per heavy atom. The number of amides is 1. The molecule has 0 saturated heterocycles. The minimum Gasteiger partial charge on any atom is -0.383 e. The van der Waals surface area contributed by atoms with Crippen LogP contribution in [0.2, 0.25) is 10.0 Å². The fraction of sp³-hybridized carbons (Fsp3) is 0.333. The van der Waals surface area contributed by atoms with Gasteiger partial charge in [-0.15, -0.1) is 0 Å². The van der Waals surface area contributed by atoms with Crippen LogP contribution in [0.4, 0.5) is 11.5 Å². The van der Waals surface area contributed by atoms with Gasteiger partial charge in [0.2, 0.25) is 0 Å². The van der Waals surface area contributed by atoms with Crippen LogP contribution >= 0.6 is 23.2 Å². The number of ether oxygens (including phenoxy) is 1. The average Bonchev–Trinajstić information content (AvgIpc) is 3.09. The zero-order chi connectivity index (χ0) is 21.0. The molecule has 0 spiro atoms. The molecular weight excluding hydrogens is 411 g/mol. The summed E-state index contributed by atoms with van der Waals surface area (Å²) in [6, 6.07) is 8.62. The third kappa shape index (κ3) is 4.66. The number of hydrogen-bond donors (Lipinski definition) is 1. The Kier molecular flexibility index (Phi) is 7.00. The topological polar surface area (TPSA) is 58.9 Å². The van der Waals surface area contributed by atoms with E-state index in [2.05, 4.69) is 24.1 Å². The van der Waals surface area contributed by atoms with Crippen LogP contribution in [0.1, 0.15) is 29.9 Å². The number of anilines is 2. The molecule has 0 aliphatic carbocycles. The van der Waals surface area contributed by atoms with E-state index < -0.39 is 0 Å². The maximum atomic E-state index is 12.8. The van der Waals surface area contributed by atoms with Crippen molar-refractivity contribution in [3.05, 3.63) is 57.8 Å². The van der Waals surface area contributed by atoms with Crippen LogP contribution in [0, 0.1) is 0 Å². The van der Waals surface area contributed by atoms with E-state index in [0.717, 1.165) is 36.7 Å². The summed E-state index contributed by atoms with van der Waals surface area (Å²) in [5.41, 5.74) is 2.90. The number of hydrogen-bond acceptors (Lipinski definition) is 4. The van der Waals surface area contributed by atoms with Crippen molar-refractivity contribution >= 4 is 46.3 Å². The molecule has 154 valence electrons. The summed E-state index contributed by atoms with van der Waals surface area (Å²) in [4.78, 5) is 19.7. The zero-order valence-corrected chi connectivity index (χ0v) is 18.2. The van der Waals surface area contributed by atoms with E-state index in [9.17, 15) is 4.79 Å². The largest absolute Gasteiger partial charge is 0.383 e. The number of rotatable bonds is 8. The number of pyridine rings is 1. The van der Waals surface area contributed by atoms with Gasteiger partial charge in [0.15, 0.2) is 0 Å². The molecule has 0 aliphatic rings. The van der Waals surface area contributed by atoms with Crippen LogP contribution in [-0.2, 0) is 11.2 Å². The van der Waals surface area contributed by atoms with Gasteiger partial charge in [0.1, 0.15) is 11.5 Å². The van der Waals surface area contributed by atoms with Gasteiger partial charge in [-0.05, 0) is 43.7 Å². The molecule has 0 saturated carbocycles. The number of likely N-dealkylation sites (N-methyl/N-ethyl adjacent to an activating group) is 1. The van der Waals surface area contributed by atoms with Crippen LogP contribution in [0.3, 0.4) is 0 Å². The van der Waals surface area contributed by atoms with Crippen molar-refractivity contribution in [3.8, 4) is 0 Å². The lowest BCUT2D eigenvalue weighted by Gasteiger charge is -2.23. The molecule has 8 heteroatoms. The minimum absolute atomic E-state index is 0.233. The molecule has 3 aromatic rings. The van der Waals surface area contributed by atoms with E-state index in [-0.39, 0.29) is 5.91 Å². The van der Waals surface area contributed by atoms with Crippen LogP contribution in [-0.4, -0.2) is 42.1 Å². The van der Waals surface area contributed by atoms with Crippen molar-refractivity contribution in [2.45, 2.75) is 20.3 Å². The maximum Gasteiger partial charge on any atom is 0.257 e. The van der Waals surface area contributed by atoms with Gasteiger partial charge in [-0.3, -0.25) is 9.20 Å². The highest BCUT2D eigenvalue weighted by atomic mass is 35.5. The van der Waals surface area contributed by atoms with Crippen molar-refractivity contribution in [2.24, 2.45) is 0 Å². The summed E-state index contributed by atoms with van der Waals surface area (Å²) >= 11 is 12.0. The second-order valence-corrected chi connectivity index (χ2v) is 7.35. The van der Waals surface area contributed by atoms with Gasteiger partial charge in [-0.1, -0.05) is 30.1 Å². The summed E-state index contributed by atoms with van der Waals surface area (Å²) < 4.78 is 7.22. The fourth-order valence-corrected chi connectivity index (χ4v) is 3.48. The van der Waals surface area contributed by atoms with Gasteiger partial charge in [-0.2, -0.15) is 0 Å². The van der Waals surface area contributed by atoms with Crippen molar-refractivity contribution in [1.29, 1.82) is 0 Å². The van der Waals surface area contributed by atoms with Gasteiger partial charge in [0.05, 0.1) is 27.9 Å². The number of methoxy groups -OCH3 is 1. The first-order valence-electron chi connectivity index (χ1n) is 9.49. The Hall–Kier alpha value is -2.28. The number of halogens is 2. The molecule has 0 unspecified atom stereocenters. The lowest BCUT2D eigenvalue weighted by Crippen LogP contribution is -2.29. The van der Waals surface area contributed by atoms with Crippen LogP contribution < -0.4 is 10.2 Å². The lowest BCUT2D eigenvalue weighted by molar-refractivity contribution is 0.102. The Morgan fingerprint density at radius 2 is 2.00 bits per heavy atom. The Labute approximate surface area is 180 Å². The summed E-state index contributed by atoms with van der Waals surface area (Å²) in [7, 11) is 1.69. The number of nitrogens with one attached hydrogen (secondary N) is 1. The van der Waals surface area contributed by atoms with E-state index in [1.807, 2.05) is 16.7 Å². The number of nitrogens with zero attached hydrogens (tertiary/aromatic N) is 3. The van der Waals surface area contributed by atoms with Crippen molar-refractivity contribution in [1.82, 2.24) is 9.38 Å². The average molecular weight is 435 g/mol. The van der Waals surface area contributed by atoms with Gasteiger partial charge in [0.25, 0.3) is 5.91 Å². The van der Waals surface area contributed by atoms with Crippen LogP contribution in [0.5, 0.6) is 0 Å². The number of imidazole rings is 1. The number of carbonyl (C=O) groups excluding carboxylic acids is 1. The van der Waals surface area contributed by atoms with Crippen molar-refractivity contribution < 1.29 is 9.53 Å². The first-order valence-corrected chi connectivity index (χ1v) is 10.2. The molecule has 6 nitrogen and oxygen atoms in total. The summed E-state index contributed by atoms with van der Waals surface area (Å²) in [5.74, 6) is 0.758. The monoisotopic (exact) mass is 434 g/mol. The molecule has 0 aliphatic heterocycles. The molecule has 2 aromatic heterocycles. The van der Waals surface area contributed by atoms with E-state index in [1.54, 1.807) is 31.4 Å².